The second-order valence-electron chi connectivity index (χ2n) is 7.30. The third-order valence-corrected chi connectivity index (χ3v) is 5.60. The highest BCUT2D eigenvalue weighted by molar-refractivity contribution is 7.80. The number of allylic oxidation sites excluding steroid dienone is 1. The predicted octanol–water partition coefficient (Wildman–Crippen LogP) is 1.78. The molecule has 31 heavy (non-hydrogen) atoms. The minimum Gasteiger partial charge on any atom is -0.454 e. The Bertz CT molecular complexity index is 1060. The molecule has 3 aliphatic heterocycles. The van der Waals surface area contributed by atoms with Gasteiger partial charge in [-0.2, -0.15) is 0 Å². The summed E-state index contributed by atoms with van der Waals surface area (Å²) in [6.07, 6.45) is 4.13. The molecule has 1 fully saturated rings. The highest BCUT2D eigenvalue weighted by atomic mass is 32.1. The highest BCUT2D eigenvalue weighted by Crippen LogP contribution is 2.33. The minimum atomic E-state index is -0.549. The summed E-state index contributed by atoms with van der Waals surface area (Å²) in [5.74, 6) is 1.67. The van der Waals surface area contributed by atoms with Gasteiger partial charge in [-0.15, -0.1) is 0 Å². The van der Waals surface area contributed by atoms with Gasteiger partial charge in [-0.25, -0.2) is 4.99 Å². The largest absolute Gasteiger partial charge is 0.454 e. The molecule has 1 aromatic carbocycles. The summed E-state index contributed by atoms with van der Waals surface area (Å²) in [5.41, 5.74) is 1.47. The highest BCUT2D eigenvalue weighted by Gasteiger charge is 2.38. The number of amides is 2. The van der Waals surface area contributed by atoms with Crippen LogP contribution in [0.2, 0.25) is 0 Å². The molecule has 0 bridgehead atoms. The molecule has 1 saturated heterocycles. The number of fused-ring (bicyclic) bond motifs is 3. The Labute approximate surface area is 183 Å². The quantitative estimate of drug-likeness (QED) is 0.672. The predicted molar refractivity (Wildman–Crippen MR) is 112 cm³/mol. The number of hydrogen-bond donors (Lipinski definition) is 1. The molecule has 0 aromatic heterocycles. The molecule has 2 amide bonds. The van der Waals surface area contributed by atoms with Crippen molar-refractivity contribution in [2.45, 2.75) is 19.4 Å². The summed E-state index contributed by atoms with van der Waals surface area (Å²) in [5, 5.41) is 3.07. The Hall–Kier alpha value is -3.40. The number of benzene rings is 1. The van der Waals surface area contributed by atoms with Gasteiger partial charge in [0.25, 0.3) is 0 Å². The molecule has 9 nitrogen and oxygen atoms in total. The van der Waals surface area contributed by atoms with Crippen LogP contribution in [0.5, 0.6) is 11.5 Å². The van der Waals surface area contributed by atoms with Crippen molar-refractivity contribution in [2.24, 2.45) is 10.9 Å². The number of aliphatic imine (C=N–C) groups is 1. The maximum absolute atomic E-state index is 12.9. The molecule has 4 aliphatic rings. The second-order valence-corrected chi connectivity index (χ2v) is 7.67. The van der Waals surface area contributed by atoms with E-state index in [-0.39, 0.29) is 36.9 Å². The third kappa shape index (κ3) is 3.86. The minimum absolute atomic E-state index is 0.110. The van der Waals surface area contributed by atoms with Gasteiger partial charge in [0.2, 0.25) is 30.5 Å². The van der Waals surface area contributed by atoms with Crippen molar-refractivity contribution in [1.29, 1.82) is 0 Å². The summed E-state index contributed by atoms with van der Waals surface area (Å²) < 4.78 is 21.3. The number of rotatable bonds is 6. The van der Waals surface area contributed by atoms with E-state index >= 15 is 0 Å². The average molecular weight is 441 g/mol. The number of thiocarbonyl (C=S) groups is 1. The van der Waals surface area contributed by atoms with Gasteiger partial charge in [0.1, 0.15) is 5.92 Å². The van der Waals surface area contributed by atoms with E-state index in [1.807, 2.05) is 18.2 Å². The molecule has 0 radical (unpaired) electrons. The van der Waals surface area contributed by atoms with Gasteiger partial charge in [0, 0.05) is 25.6 Å². The van der Waals surface area contributed by atoms with Gasteiger partial charge >= 0.3 is 0 Å². The first kappa shape index (κ1) is 19.6. The first-order valence-corrected chi connectivity index (χ1v) is 10.3. The summed E-state index contributed by atoms with van der Waals surface area (Å²) in [4.78, 5) is 30.9. The Morgan fingerprint density at radius 3 is 2.87 bits per heavy atom. The molecule has 1 aliphatic carbocycles. The van der Waals surface area contributed by atoms with Crippen LogP contribution >= 0.6 is 12.2 Å². The number of nitrogens with zero attached hydrogens (tertiary/aromatic N) is 2. The van der Waals surface area contributed by atoms with Crippen molar-refractivity contribution >= 4 is 34.9 Å². The van der Waals surface area contributed by atoms with Gasteiger partial charge in [-0.05, 0) is 42.4 Å². The summed E-state index contributed by atoms with van der Waals surface area (Å²) in [6.45, 7) is 1.04. The standard InChI is InChI=1S/C21H19N3O6S/c25-19(22-9-12-3-4-15-16(6-12)28-10-27-15)2-1-5-24-20(26)13-7-17-18(30-11-29-17)8-14(13)23-21(24)31/h3-4,6-8,13H,1-2,5,9-11H2,(H,22,25). The van der Waals surface area contributed by atoms with Crippen LogP contribution < -0.4 is 14.8 Å². The SMILES string of the molecule is O=C(CCCN1C(=O)C2C=C3OCOC3=CC2=NC1=S)NCc1ccc2c(c1)OCO2. The lowest BCUT2D eigenvalue weighted by Gasteiger charge is -2.30. The Kier molecular flexibility index (Phi) is 5.06. The van der Waals surface area contributed by atoms with E-state index in [4.69, 9.17) is 31.2 Å². The van der Waals surface area contributed by atoms with E-state index in [9.17, 15) is 9.59 Å². The van der Waals surface area contributed by atoms with E-state index in [1.165, 1.54) is 4.90 Å². The smallest absolute Gasteiger partial charge is 0.241 e. The second kappa shape index (κ2) is 8.03. The lowest BCUT2D eigenvalue weighted by atomic mass is 9.94. The van der Waals surface area contributed by atoms with E-state index < -0.39 is 5.92 Å². The van der Waals surface area contributed by atoms with Crippen molar-refractivity contribution in [2.75, 3.05) is 20.1 Å². The van der Waals surface area contributed by atoms with Crippen molar-refractivity contribution in [1.82, 2.24) is 10.2 Å². The number of nitrogens with one attached hydrogen (secondary N) is 1. The van der Waals surface area contributed by atoms with Crippen molar-refractivity contribution in [3.8, 4) is 11.5 Å². The molecule has 1 unspecified atom stereocenters. The number of hydrogen-bond acceptors (Lipinski definition) is 7. The zero-order valence-corrected chi connectivity index (χ0v) is 17.3. The van der Waals surface area contributed by atoms with E-state index in [1.54, 1.807) is 12.2 Å². The van der Waals surface area contributed by atoms with Gasteiger partial charge in [-0.3, -0.25) is 14.5 Å². The summed E-state index contributed by atoms with van der Waals surface area (Å²) >= 11 is 5.30. The number of carbonyl (C=O) groups is 2. The molecule has 10 heteroatoms. The first-order valence-electron chi connectivity index (χ1n) is 9.87. The van der Waals surface area contributed by atoms with E-state index in [0.717, 1.165) is 5.56 Å². The van der Waals surface area contributed by atoms with Crippen LogP contribution in [-0.4, -0.2) is 47.7 Å². The summed E-state index contributed by atoms with van der Waals surface area (Å²) in [6, 6.07) is 5.55. The molecule has 3 heterocycles. The normalized spacial score (nSPS) is 20.7. The van der Waals surface area contributed by atoms with Gasteiger partial charge in [0.05, 0.1) is 5.71 Å². The van der Waals surface area contributed by atoms with Crippen molar-refractivity contribution in [3.05, 3.63) is 47.4 Å². The molecule has 160 valence electrons. The monoisotopic (exact) mass is 441 g/mol. The lowest BCUT2D eigenvalue weighted by Crippen LogP contribution is -2.46. The van der Waals surface area contributed by atoms with Crippen LogP contribution in [0.15, 0.2) is 46.9 Å². The molecular weight excluding hydrogens is 422 g/mol. The Morgan fingerprint density at radius 2 is 1.97 bits per heavy atom. The molecule has 1 N–H and O–H groups in total. The fourth-order valence-electron chi connectivity index (χ4n) is 3.68. The van der Waals surface area contributed by atoms with Crippen LogP contribution in [0.3, 0.4) is 0 Å². The average Bonchev–Trinajstić information content (AvgIpc) is 3.41. The molecule has 1 atom stereocenters. The molecule has 0 saturated carbocycles. The van der Waals surface area contributed by atoms with Crippen LogP contribution in [0, 0.1) is 5.92 Å². The van der Waals surface area contributed by atoms with E-state index in [0.29, 0.717) is 48.2 Å². The van der Waals surface area contributed by atoms with Gasteiger partial charge in [-0.1, -0.05) is 6.07 Å². The number of ether oxygens (including phenoxy) is 4. The topological polar surface area (TPSA) is 98.7 Å². The van der Waals surface area contributed by atoms with Crippen LogP contribution in [0.25, 0.3) is 0 Å². The van der Waals surface area contributed by atoms with Crippen LogP contribution in [0.4, 0.5) is 0 Å². The summed E-state index contributed by atoms with van der Waals surface area (Å²) in [7, 11) is 0. The fraction of sp³-hybridized carbons (Fsp3) is 0.333. The van der Waals surface area contributed by atoms with Gasteiger partial charge in [0.15, 0.2) is 23.0 Å². The Balaban J connectivity index is 1.13. The van der Waals surface area contributed by atoms with Gasteiger partial charge < -0.3 is 24.3 Å². The molecule has 0 spiro atoms. The van der Waals surface area contributed by atoms with Crippen molar-refractivity contribution < 1.29 is 28.5 Å². The molecular formula is C21H19N3O6S. The third-order valence-electron chi connectivity index (χ3n) is 5.29. The molecule has 5 rings (SSSR count). The maximum Gasteiger partial charge on any atom is 0.241 e. The zero-order valence-electron chi connectivity index (χ0n) is 16.5. The van der Waals surface area contributed by atoms with E-state index in [2.05, 4.69) is 10.3 Å². The maximum atomic E-state index is 12.9. The molecule has 1 aromatic rings. The van der Waals surface area contributed by atoms with Crippen LogP contribution in [-0.2, 0) is 25.6 Å². The number of carbonyl (C=O) groups excluding carboxylic acids is 2. The fourth-order valence-corrected chi connectivity index (χ4v) is 3.97. The first-order chi connectivity index (χ1) is 15.1. The van der Waals surface area contributed by atoms with Crippen molar-refractivity contribution in [3.63, 3.8) is 0 Å². The zero-order chi connectivity index (χ0) is 21.4. The lowest BCUT2D eigenvalue weighted by molar-refractivity contribution is -0.129. The van der Waals surface area contributed by atoms with Crippen LogP contribution in [0.1, 0.15) is 18.4 Å². The Morgan fingerprint density at radius 1 is 1.16 bits per heavy atom.